The molecule has 0 bridgehead atoms. The van der Waals surface area contributed by atoms with Crippen LogP contribution in [0.15, 0.2) is 17.1 Å². The molecule has 0 amide bonds. The van der Waals surface area contributed by atoms with Gasteiger partial charge in [-0.2, -0.15) is 0 Å². The molecule has 0 N–H and O–H groups in total. The van der Waals surface area contributed by atoms with E-state index in [0.29, 0.717) is 0 Å². The van der Waals surface area contributed by atoms with Crippen molar-refractivity contribution < 1.29 is 0 Å². The lowest BCUT2D eigenvalue weighted by Gasteiger charge is -2.32. The summed E-state index contributed by atoms with van der Waals surface area (Å²) in [5.41, 5.74) is 1.08. The Morgan fingerprint density at radius 3 is 2.07 bits per heavy atom. The van der Waals surface area contributed by atoms with Crippen LogP contribution in [0.3, 0.4) is 0 Å². The quantitative estimate of drug-likeness (QED) is 0.477. The van der Waals surface area contributed by atoms with E-state index in [-0.39, 0.29) is 5.54 Å². The van der Waals surface area contributed by atoms with Crippen molar-refractivity contribution in [2.75, 3.05) is 13.1 Å². The van der Waals surface area contributed by atoms with Crippen LogP contribution < -0.4 is 0 Å². The van der Waals surface area contributed by atoms with E-state index in [0.717, 1.165) is 24.5 Å². The van der Waals surface area contributed by atoms with Gasteiger partial charge in [0, 0.05) is 13.1 Å². The molecular formula is C13H24N2. The summed E-state index contributed by atoms with van der Waals surface area (Å²) in [6, 6.07) is 0. The second kappa shape index (κ2) is 4.82. The molecule has 1 aliphatic heterocycles. The number of hydrogen-bond donors (Lipinski definition) is 0. The number of amidine groups is 1. The van der Waals surface area contributed by atoms with Crippen molar-refractivity contribution in [3.8, 4) is 0 Å². The highest BCUT2D eigenvalue weighted by atomic mass is 15.2. The van der Waals surface area contributed by atoms with Crippen LogP contribution in [0.4, 0.5) is 0 Å². The van der Waals surface area contributed by atoms with Gasteiger partial charge < -0.3 is 4.90 Å². The zero-order valence-electron chi connectivity index (χ0n) is 10.6. The lowest BCUT2D eigenvalue weighted by Crippen LogP contribution is -2.37. The van der Waals surface area contributed by atoms with E-state index < -0.39 is 0 Å². The van der Waals surface area contributed by atoms with Crippen LogP contribution in [0.5, 0.6) is 0 Å². The van der Waals surface area contributed by atoms with E-state index in [9.17, 15) is 0 Å². The minimum atomic E-state index is -0.00820. The molecule has 2 nitrogen and oxygen atoms in total. The van der Waals surface area contributed by atoms with Crippen LogP contribution in [-0.2, 0) is 0 Å². The minimum absolute atomic E-state index is 0.00820. The molecule has 1 rings (SSSR count). The number of piperidine rings is 1. The van der Waals surface area contributed by atoms with Gasteiger partial charge in [-0.1, -0.05) is 6.58 Å². The maximum atomic E-state index is 4.78. The second-order valence-corrected chi connectivity index (χ2v) is 5.43. The summed E-state index contributed by atoms with van der Waals surface area (Å²) < 4.78 is 0. The molecule has 86 valence electrons. The normalized spacial score (nSPS) is 19.2. The van der Waals surface area contributed by atoms with Crippen LogP contribution >= 0.6 is 0 Å². The van der Waals surface area contributed by atoms with Gasteiger partial charge >= 0.3 is 0 Å². The molecule has 1 fully saturated rings. The van der Waals surface area contributed by atoms with Crippen LogP contribution in [0.25, 0.3) is 0 Å². The van der Waals surface area contributed by atoms with Crippen molar-refractivity contribution in [1.29, 1.82) is 0 Å². The average molecular weight is 208 g/mol. The number of aliphatic imine (C=N–C) groups is 1. The fraction of sp³-hybridized carbons (Fsp3) is 0.769. The fourth-order valence-electron chi connectivity index (χ4n) is 1.86. The highest BCUT2D eigenvalue weighted by Gasteiger charge is 2.18. The van der Waals surface area contributed by atoms with Crippen molar-refractivity contribution in [3.05, 3.63) is 12.2 Å². The summed E-state index contributed by atoms with van der Waals surface area (Å²) in [5.74, 6) is 1.11. The monoisotopic (exact) mass is 208 g/mol. The highest BCUT2D eigenvalue weighted by Crippen LogP contribution is 2.16. The lowest BCUT2D eigenvalue weighted by molar-refractivity contribution is 0.338. The summed E-state index contributed by atoms with van der Waals surface area (Å²) in [6.07, 6.45) is 3.93. The molecule has 1 heterocycles. The Balaban J connectivity index is 2.82. The van der Waals surface area contributed by atoms with Gasteiger partial charge in [0.25, 0.3) is 0 Å². The smallest absolute Gasteiger partial charge is 0.126 e. The van der Waals surface area contributed by atoms with Gasteiger partial charge in [0.2, 0.25) is 0 Å². The molecule has 0 aromatic heterocycles. The lowest BCUT2D eigenvalue weighted by atomic mass is 10.1. The van der Waals surface area contributed by atoms with E-state index in [2.05, 4.69) is 39.2 Å². The van der Waals surface area contributed by atoms with E-state index in [1.54, 1.807) is 0 Å². The molecule has 0 unspecified atom stereocenters. The largest absolute Gasteiger partial charge is 0.357 e. The first-order valence-electron chi connectivity index (χ1n) is 5.91. The zero-order valence-corrected chi connectivity index (χ0v) is 10.6. The summed E-state index contributed by atoms with van der Waals surface area (Å²) in [7, 11) is 0. The molecule has 0 aliphatic carbocycles. The van der Waals surface area contributed by atoms with E-state index in [1.165, 1.54) is 19.3 Å². The topological polar surface area (TPSA) is 15.6 Å². The maximum Gasteiger partial charge on any atom is 0.126 e. The van der Waals surface area contributed by atoms with Crippen molar-refractivity contribution in [2.45, 2.75) is 52.5 Å². The number of likely N-dealkylation sites (tertiary alicyclic amines) is 1. The fourth-order valence-corrected chi connectivity index (χ4v) is 1.86. The van der Waals surface area contributed by atoms with Gasteiger partial charge in [-0.3, -0.25) is 4.99 Å². The van der Waals surface area contributed by atoms with Gasteiger partial charge in [0.1, 0.15) is 5.84 Å². The minimum Gasteiger partial charge on any atom is -0.357 e. The van der Waals surface area contributed by atoms with Crippen molar-refractivity contribution in [3.63, 3.8) is 0 Å². The number of nitrogens with zero attached hydrogens (tertiary/aromatic N) is 2. The molecule has 0 saturated carbocycles. The number of hydrogen-bond acceptors (Lipinski definition) is 1. The Kier molecular flexibility index (Phi) is 3.95. The third-order valence-corrected chi connectivity index (χ3v) is 2.48. The van der Waals surface area contributed by atoms with Crippen LogP contribution in [0.1, 0.15) is 47.0 Å². The Morgan fingerprint density at radius 1 is 1.13 bits per heavy atom. The molecule has 0 radical (unpaired) electrons. The Labute approximate surface area is 94.1 Å². The predicted octanol–water partition coefficient (Wildman–Crippen LogP) is 3.25. The van der Waals surface area contributed by atoms with Crippen LogP contribution in [0.2, 0.25) is 0 Å². The summed E-state index contributed by atoms with van der Waals surface area (Å²) in [5, 5.41) is 0. The van der Waals surface area contributed by atoms with Gasteiger partial charge in [0.05, 0.1) is 5.54 Å². The Hall–Kier alpha value is -0.790. The van der Waals surface area contributed by atoms with Crippen LogP contribution in [0, 0.1) is 0 Å². The molecule has 1 saturated heterocycles. The first kappa shape index (κ1) is 12.3. The summed E-state index contributed by atoms with van der Waals surface area (Å²) in [4.78, 5) is 7.16. The van der Waals surface area contributed by atoms with E-state index in [4.69, 9.17) is 4.99 Å². The first-order chi connectivity index (χ1) is 6.90. The molecular weight excluding hydrogens is 184 g/mol. The van der Waals surface area contributed by atoms with E-state index >= 15 is 0 Å². The standard InChI is InChI=1S/C13H24N2/c1-11(2)12(14-13(3,4)5)15-9-7-6-8-10-15/h1,6-10H2,2-5H3. The van der Waals surface area contributed by atoms with Crippen molar-refractivity contribution in [2.24, 2.45) is 4.99 Å². The van der Waals surface area contributed by atoms with Gasteiger partial charge in [-0.15, -0.1) is 0 Å². The predicted molar refractivity (Wildman–Crippen MR) is 67.4 cm³/mol. The molecule has 0 aromatic carbocycles. The second-order valence-electron chi connectivity index (χ2n) is 5.43. The molecule has 0 atom stereocenters. The van der Waals surface area contributed by atoms with Gasteiger partial charge in [-0.05, 0) is 52.5 Å². The molecule has 15 heavy (non-hydrogen) atoms. The molecule has 1 aliphatic rings. The third kappa shape index (κ3) is 4.06. The molecule has 0 spiro atoms. The van der Waals surface area contributed by atoms with Gasteiger partial charge in [0.15, 0.2) is 0 Å². The first-order valence-corrected chi connectivity index (χ1v) is 5.91. The van der Waals surface area contributed by atoms with Crippen molar-refractivity contribution in [1.82, 2.24) is 4.90 Å². The zero-order chi connectivity index (χ0) is 11.5. The SMILES string of the molecule is C=C(C)C(=NC(C)(C)C)N1CCCCC1. The maximum absolute atomic E-state index is 4.78. The third-order valence-electron chi connectivity index (χ3n) is 2.48. The Bertz CT molecular complexity index is 252. The summed E-state index contributed by atoms with van der Waals surface area (Å²) in [6.45, 7) is 14.8. The molecule has 2 heteroatoms. The Morgan fingerprint density at radius 2 is 1.67 bits per heavy atom. The highest BCUT2D eigenvalue weighted by molar-refractivity contribution is 5.97. The van der Waals surface area contributed by atoms with Crippen LogP contribution in [-0.4, -0.2) is 29.4 Å². The number of rotatable bonds is 1. The average Bonchev–Trinajstić information content (AvgIpc) is 2.14. The molecule has 0 aromatic rings. The van der Waals surface area contributed by atoms with E-state index in [1.807, 2.05) is 0 Å². The summed E-state index contributed by atoms with van der Waals surface area (Å²) >= 11 is 0. The van der Waals surface area contributed by atoms with Gasteiger partial charge in [-0.25, -0.2) is 0 Å². The van der Waals surface area contributed by atoms with Crippen molar-refractivity contribution >= 4 is 5.84 Å².